The Kier molecular flexibility index (Phi) is 4.76. The molecular formula is C16H20N4O. The molecule has 2 heterocycles. The summed E-state index contributed by atoms with van der Waals surface area (Å²) in [5, 5.41) is 4.13. The molecule has 0 unspecified atom stereocenters. The Balaban J connectivity index is 1.48. The molecule has 21 heavy (non-hydrogen) atoms. The third-order valence-electron chi connectivity index (χ3n) is 3.55. The van der Waals surface area contributed by atoms with Gasteiger partial charge >= 0.3 is 0 Å². The van der Waals surface area contributed by atoms with Gasteiger partial charge in [0.25, 0.3) is 0 Å². The third-order valence-corrected chi connectivity index (χ3v) is 3.55. The van der Waals surface area contributed by atoms with E-state index in [0.29, 0.717) is 0 Å². The molecule has 1 aromatic carbocycles. The molecule has 0 bridgehead atoms. The van der Waals surface area contributed by atoms with Crippen LogP contribution in [0, 0.1) is 0 Å². The standard InChI is InChI=1S/C16H20N4O/c1-2-5-15(6-3-1)7-4-8-19-9-10-21-16(11-19)12-20-14-17-13-18-20/h1-7,13-14,16H,8-12H2/b7-4-/t16-/m1/s1. The topological polar surface area (TPSA) is 43.2 Å². The zero-order valence-electron chi connectivity index (χ0n) is 12.0. The minimum Gasteiger partial charge on any atom is -0.374 e. The maximum absolute atomic E-state index is 5.79. The molecule has 0 amide bonds. The molecular weight excluding hydrogens is 264 g/mol. The number of morpholine rings is 1. The SMILES string of the molecule is C(=C/c1ccccc1)/CN1CCO[C@@H](Cn2cncn2)C1. The highest BCUT2D eigenvalue weighted by Crippen LogP contribution is 2.08. The van der Waals surface area contributed by atoms with Crippen molar-refractivity contribution in [3.8, 4) is 0 Å². The lowest BCUT2D eigenvalue weighted by Crippen LogP contribution is -2.44. The number of hydrogen-bond donors (Lipinski definition) is 0. The second-order valence-corrected chi connectivity index (χ2v) is 5.18. The minimum atomic E-state index is 0.186. The summed E-state index contributed by atoms with van der Waals surface area (Å²) in [5.74, 6) is 0. The van der Waals surface area contributed by atoms with Crippen molar-refractivity contribution >= 4 is 6.08 Å². The molecule has 1 atom stereocenters. The monoisotopic (exact) mass is 284 g/mol. The van der Waals surface area contributed by atoms with Crippen molar-refractivity contribution in [2.75, 3.05) is 26.2 Å². The number of hydrogen-bond acceptors (Lipinski definition) is 4. The van der Waals surface area contributed by atoms with Gasteiger partial charge in [0.05, 0.1) is 19.3 Å². The van der Waals surface area contributed by atoms with Crippen LogP contribution in [-0.4, -0.2) is 52.0 Å². The summed E-state index contributed by atoms with van der Waals surface area (Å²) in [7, 11) is 0. The van der Waals surface area contributed by atoms with Crippen molar-refractivity contribution < 1.29 is 4.74 Å². The predicted octanol–water partition coefficient (Wildman–Crippen LogP) is 1.69. The smallest absolute Gasteiger partial charge is 0.137 e. The van der Waals surface area contributed by atoms with E-state index in [2.05, 4.69) is 51.4 Å². The predicted molar refractivity (Wildman–Crippen MR) is 81.7 cm³/mol. The second-order valence-electron chi connectivity index (χ2n) is 5.18. The van der Waals surface area contributed by atoms with Crippen LogP contribution in [-0.2, 0) is 11.3 Å². The average Bonchev–Trinajstić information content (AvgIpc) is 3.02. The Hall–Kier alpha value is -1.98. The van der Waals surface area contributed by atoms with Crippen LogP contribution in [0.1, 0.15) is 5.56 Å². The first-order valence-corrected chi connectivity index (χ1v) is 7.28. The quantitative estimate of drug-likeness (QED) is 0.838. The molecule has 1 aromatic heterocycles. The molecule has 0 N–H and O–H groups in total. The summed E-state index contributed by atoms with van der Waals surface area (Å²) >= 11 is 0. The van der Waals surface area contributed by atoms with Crippen LogP contribution in [0.5, 0.6) is 0 Å². The summed E-state index contributed by atoms with van der Waals surface area (Å²) in [4.78, 5) is 6.37. The van der Waals surface area contributed by atoms with E-state index in [1.165, 1.54) is 5.56 Å². The van der Waals surface area contributed by atoms with E-state index in [1.807, 2.05) is 10.7 Å². The fraction of sp³-hybridized carbons (Fsp3) is 0.375. The van der Waals surface area contributed by atoms with Crippen LogP contribution in [0.3, 0.4) is 0 Å². The Bertz CT molecular complexity index is 553. The summed E-state index contributed by atoms with van der Waals surface area (Å²) in [6.45, 7) is 4.40. The van der Waals surface area contributed by atoms with E-state index in [4.69, 9.17) is 4.74 Å². The Labute approximate surface area is 124 Å². The normalized spacial score (nSPS) is 20.1. The number of benzene rings is 1. The van der Waals surface area contributed by atoms with Crippen LogP contribution in [0.2, 0.25) is 0 Å². The van der Waals surface area contributed by atoms with Crippen LogP contribution in [0.25, 0.3) is 6.08 Å². The Morgan fingerprint density at radius 1 is 1.29 bits per heavy atom. The average molecular weight is 284 g/mol. The molecule has 3 rings (SSSR count). The molecule has 2 aromatic rings. The van der Waals surface area contributed by atoms with E-state index in [9.17, 15) is 0 Å². The van der Waals surface area contributed by atoms with Gasteiger partial charge < -0.3 is 4.74 Å². The van der Waals surface area contributed by atoms with E-state index >= 15 is 0 Å². The summed E-state index contributed by atoms with van der Waals surface area (Å²) in [5.41, 5.74) is 1.24. The van der Waals surface area contributed by atoms with Gasteiger partial charge in [0.1, 0.15) is 12.7 Å². The molecule has 0 saturated carbocycles. The van der Waals surface area contributed by atoms with Gasteiger partial charge in [-0.25, -0.2) is 4.98 Å². The lowest BCUT2D eigenvalue weighted by Gasteiger charge is -2.32. The third kappa shape index (κ3) is 4.24. The van der Waals surface area contributed by atoms with Crippen LogP contribution in [0.15, 0.2) is 49.1 Å². The number of rotatable bonds is 5. The zero-order chi connectivity index (χ0) is 14.3. The van der Waals surface area contributed by atoms with Gasteiger partial charge in [0.15, 0.2) is 0 Å². The van der Waals surface area contributed by atoms with Gasteiger partial charge in [-0.1, -0.05) is 42.5 Å². The van der Waals surface area contributed by atoms with E-state index in [1.54, 1.807) is 12.7 Å². The van der Waals surface area contributed by atoms with E-state index in [0.717, 1.165) is 32.8 Å². The molecule has 5 heteroatoms. The molecule has 1 fully saturated rings. The van der Waals surface area contributed by atoms with Crippen LogP contribution >= 0.6 is 0 Å². The van der Waals surface area contributed by atoms with Gasteiger partial charge in [-0.05, 0) is 5.56 Å². The maximum atomic E-state index is 5.79. The van der Waals surface area contributed by atoms with Crippen molar-refractivity contribution in [1.82, 2.24) is 19.7 Å². The van der Waals surface area contributed by atoms with Gasteiger partial charge in [0.2, 0.25) is 0 Å². The highest BCUT2D eigenvalue weighted by molar-refractivity contribution is 5.48. The first-order valence-electron chi connectivity index (χ1n) is 7.28. The van der Waals surface area contributed by atoms with Gasteiger partial charge in [-0.2, -0.15) is 5.10 Å². The minimum absolute atomic E-state index is 0.186. The molecule has 1 aliphatic rings. The highest BCUT2D eigenvalue weighted by atomic mass is 16.5. The van der Waals surface area contributed by atoms with E-state index < -0.39 is 0 Å². The van der Waals surface area contributed by atoms with Gasteiger partial charge in [-0.15, -0.1) is 0 Å². The second kappa shape index (κ2) is 7.15. The van der Waals surface area contributed by atoms with Crippen molar-refractivity contribution in [1.29, 1.82) is 0 Å². The van der Waals surface area contributed by atoms with Gasteiger partial charge in [0, 0.05) is 19.6 Å². The van der Waals surface area contributed by atoms with Crippen molar-refractivity contribution in [2.45, 2.75) is 12.6 Å². The summed E-state index contributed by atoms with van der Waals surface area (Å²) in [6, 6.07) is 10.4. The zero-order valence-corrected chi connectivity index (χ0v) is 12.0. The number of ether oxygens (including phenoxy) is 1. The molecule has 110 valence electrons. The maximum Gasteiger partial charge on any atom is 0.137 e. The molecule has 1 aliphatic heterocycles. The lowest BCUT2D eigenvalue weighted by molar-refractivity contribution is -0.0338. The fourth-order valence-corrected chi connectivity index (χ4v) is 2.49. The van der Waals surface area contributed by atoms with Crippen LogP contribution < -0.4 is 0 Å². The Morgan fingerprint density at radius 2 is 2.19 bits per heavy atom. The Morgan fingerprint density at radius 3 is 3.00 bits per heavy atom. The first-order chi connectivity index (χ1) is 10.4. The summed E-state index contributed by atoms with van der Waals surface area (Å²) in [6.07, 6.45) is 7.86. The molecule has 0 radical (unpaired) electrons. The van der Waals surface area contributed by atoms with Crippen molar-refractivity contribution in [3.05, 3.63) is 54.6 Å². The molecule has 0 aliphatic carbocycles. The first kappa shape index (κ1) is 14.0. The number of aromatic nitrogens is 3. The molecule has 0 spiro atoms. The number of nitrogens with zero attached hydrogens (tertiary/aromatic N) is 4. The van der Waals surface area contributed by atoms with Crippen molar-refractivity contribution in [2.24, 2.45) is 0 Å². The molecule has 5 nitrogen and oxygen atoms in total. The van der Waals surface area contributed by atoms with Gasteiger partial charge in [-0.3, -0.25) is 9.58 Å². The van der Waals surface area contributed by atoms with Crippen molar-refractivity contribution in [3.63, 3.8) is 0 Å². The van der Waals surface area contributed by atoms with E-state index in [-0.39, 0.29) is 6.10 Å². The summed E-state index contributed by atoms with van der Waals surface area (Å²) < 4.78 is 7.62. The lowest BCUT2D eigenvalue weighted by atomic mass is 10.2. The highest BCUT2D eigenvalue weighted by Gasteiger charge is 2.20. The van der Waals surface area contributed by atoms with Crippen LogP contribution in [0.4, 0.5) is 0 Å². The molecule has 1 saturated heterocycles. The fourth-order valence-electron chi connectivity index (χ4n) is 2.49. The largest absolute Gasteiger partial charge is 0.374 e.